The Bertz CT molecular complexity index is 717. The Hall–Kier alpha value is -2.61. The van der Waals surface area contributed by atoms with Gasteiger partial charge in [0.05, 0.1) is 0 Å². The van der Waals surface area contributed by atoms with Crippen LogP contribution in [0.1, 0.15) is 70.9 Å². The minimum absolute atomic E-state index is 0.107. The van der Waals surface area contributed by atoms with E-state index in [1.165, 1.54) is 50.5 Å². The molecular weight excluding hydrogens is 398 g/mol. The molecule has 1 aromatic rings. The minimum Gasteiger partial charge on any atom is -0.481 e. The number of benzene rings is 1. The maximum absolute atomic E-state index is 10.5. The highest BCUT2D eigenvalue weighted by Gasteiger charge is 2.19. The number of carbonyl (C=O) groups is 3. The van der Waals surface area contributed by atoms with E-state index in [2.05, 4.69) is 48.3 Å². The van der Waals surface area contributed by atoms with E-state index in [0.717, 1.165) is 6.42 Å². The highest BCUT2D eigenvalue weighted by Crippen LogP contribution is 2.30. The molecule has 8 nitrogen and oxygen atoms in total. The number of rotatable bonds is 9. The van der Waals surface area contributed by atoms with Crippen LogP contribution in [0.25, 0.3) is 0 Å². The van der Waals surface area contributed by atoms with E-state index in [9.17, 15) is 14.4 Å². The van der Waals surface area contributed by atoms with Crippen molar-refractivity contribution in [1.82, 2.24) is 5.32 Å². The second kappa shape index (κ2) is 13.6. The number of anilines is 1. The quantitative estimate of drug-likeness (QED) is 0.468. The number of para-hydroxylation sites is 1. The highest BCUT2D eigenvalue weighted by atomic mass is 16.4. The predicted molar refractivity (Wildman–Crippen MR) is 121 cm³/mol. The fourth-order valence-corrected chi connectivity index (χ4v) is 3.63. The summed E-state index contributed by atoms with van der Waals surface area (Å²) in [6, 6.07) is 7.74. The van der Waals surface area contributed by atoms with Gasteiger partial charge in [-0.25, -0.2) is 4.79 Å². The first-order chi connectivity index (χ1) is 14.6. The fraction of sp³-hybridized carbons (Fsp3) is 0.609. The van der Waals surface area contributed by atoms with Crippen molar-refractivity contribution < 1.29 is 24.6 Å². The van der Waals surface area contributed by atoms with E-state index in [1.54, 1.807) is 0 Å². The van der Waals surface area contributed by atoms with E-state index < -0.39 is 23.9 Å². The van der Waals surface area contributed by atoms with Crippen LogP contribution in [-0.4, -0.2) is 47.2 Å². The van der Waals surface area contributed by atoms with Gasteiger partial charge in [0.25, 0.3) is 0 Å². The molecule has 0 aromatic heterocycles. The topological polar surface area (TPSA) is 133 Å². The number of hydrogen-bond donors (Lipinski definition) is 4. The molecule has 1 fully saturated rings. The van der Waals surface area contributed by atoms with Crippen LogP contribution in [0.2, 0.25) is 0 Å². The number of amides is 1. The summed E-state index contributed by atoms with van der Waals surface area (Å²) in [6.45, 7) is 8.03. The molecule has 1 heterocycles. The molecule has 1 aromatic carbocycles. The Morgan fingerprint density at radius 2 is 1.71 bits per heavy atom. The number of piperidine rings is 1. The van der Waals surface area contributed by atoms with E-state index in [0.29, 0.717) is 5.92 Å². The van der Waals surface area contributed by atoms with Gasteiger partial charge < -0.3 is 26.2 Å². The molecule has 1 amide bonds. The summed E-state index contributed by atoms with van der Waals surface area (Å²) in [5.41, 5.74) is 9.07. The lowest BCUT2D eigenvalue weighted by molar-refractivity contribution is -0.142. The van der Waals surface area contributed by atoms with Crippen LogP contribution < -0.4 is 16.0 Å². The normalized spacial score (nSPS) is 15.5. The highest BCUT2D eigenvalue weighted by molar-refractivity contribution is 5.82. The molecular formula is C23H37N3O5. The Labute approximate surface area is 184 Å². The van der Waals surface area contributed by atoms with Crippen LogP contribution in [0.5, 0.6) is 0 Å². The van der Waals surface area contributed by atoms with Gasteiger partial charge in [-0.2, -0.15) is 0 Å². The van der Waals surface area contributed by atoms with E-state index in [-0.39, 0.29) is 18.9 Å². The number of nitrogens with one attached hydrogen (secondary N) is 1. The number of carbonyl (C=O) groups excluding carboxylic acids is 1. The first-order valence-corrected chi connectivity index (χ1v) is 10.9. The molecule has 1 saturated heterocycles. The Morgan fingerprint density at radius 3 is 2.23 bits per heavy atom. The second-order valence-corrected chi connectivity index (χ2v) is 8.37. The van der Waals surface area contributed by atoms with Crippen molar-refractivity contribution in [2.75, 3.05) is 18.0 Å². The van der Waals surface area contributed by atoms with Crippen molar-refractivity contribution in [2.45, 2.75) is 71.4 Å². The maximum atomic E-state index is 10.5. The van der Waals surface area contributed by atoms with Crippen molar-refractivity contribution in [3.63, 3.8) is 0 Å². The van der Waals surface area contributed by atoms with Gasteiger partial charge in [0, 0.05) is 38.2 Å². The Kier molecular flexibility index (Phi) is 11.6. The average molecular weight is 436 g/mol. The fourth-order valence-electron chi connectivity index (χ4n) is 3.63. The molecule has 0 radical (unpaired) electrons. The zero-order valence-electron chi connectivity index (χ0n) is 18.8. The van der Waals surface area contributed by atoms with Crippen LogP contribution in [-0.2, 0) is 14.4 Å². The molecule has 0 bridgehead atoms. The Balaban J connectivity index is 0.000000330. The van der Waals surface area contributed by atoms with Gasteiger partial charge in [0.2, 0.25) is 5.91 Å². The summed E-state index contributed by atoms with van der Waals surface area (Å²) in [5, 5.41) is 18.9. The van der Waals surface area contributed by atoms with Crippen LogP contribution in [0, 0.1) is 5.92 Å². The third-order valence-electron chi connectivity index (χ3n) is 5.08. The number of carboxylic acids is 2. The van der Waals surface area contributed by atoms with E-state index in [1.807, 2.05) is 0 Å². The summed E-state index contributed by atoms with van der Waals surface area (Å²) < 4.78 is 0. The van der Waals surface area contributed by atoms with E-state index in [4.69, 9.17) is 15.9 Å². The van der Waals surface area contributed by atoms with Gasteiger partial charge in [0.15, 0.2) is 0 Å². The lowest BCUT2D eigenvalue weighted by atomic mass is 9.95. The summed E-state index contributed by atoms with van der Waals surface area (Å²) in [7, 11) is 0. The zero-order chi connectivity index (χ0) is 23.4. The molecule has 0 saturated carbocycles. The molecule has 1 aliphatic rings. The van der Waals surface area contributed by atoms with Gasteiger partial charge >= 0.3 is 11.9 Å². The smallest absolute Gasteiger partial charge is 0.326 e. The van der Waals surface area contributed by atoms with Gasteiger partial charge in [-0.3, -0.25) is 9.59 Å². The van der Waals surface area contributed by atoms with E-state index >= 15 is 0 Å². The third-order valence-corrected chi connectivity index (χ3v) is 5.08. The number of aliphatic carboxylic acids is 2. The SMILES string of the molecule is CC(=O)N[C@@H](CCC(=O)O)C(=O)O.CC(C)C[C@H](N)c1ccccc1N1CCCCC1. The summed E-state index contributed by atoms with van der Waals surface area (Å²) >= 11 is 0. The molecule has 174 valence electrons. The van der Waals surface area contributed by atoms with Crippen LogP contribution in [0.3, 0.4) is 0 Å². The van der Waals surface area contributed by atoms with Crippen LogP contribution in [0.4, 0.5) is 5.69 Å². The van der Waals surface area contributed by atoms with Gasteiger partial charge in [-0.05, 0) is 49.7 Å². The van der Waals surface area contributed by atoms with Gasteiger partial charge in [-0.15, -0.1) is 0 Å². The molecule has 0 unspecified atom stereocenters. The van der Waals surface area contributed by atoms with Crippen molar-refractivity contribution in [3.8, 4) is 0 Å². The molecule has 0 aliphatic carbocycles. The molecule has 31 heavy (non-hydrogen) atoms. The summed E-state index contributed by atoms with van der Waals surface area (Å²) in [5.74, 6) is -2.15. The van der Waals surface area contributed by atoms with Gasteiger partial charge in [0.1, 0.15) is 6.04 Å². The number of hydrogen-bond acceptors (Lipinski definition) is 5. The second-order valence-electron chi connectivity index (χ2n) is 8.37. The third kappa shape index (κ3) is 10.3. The lowest BCUT2D eigenvalue weighted by Crippen LogP contribution is -2.39. The number of nitrogens with zero attached hydrogens (tertiary/aromatic N) is 1. The van der Waals surface area contributed by atoms with Crippen LogP contribution >= 0.6 is 0 Å². The van der Waals surface area contributed by atoms with Crippen molar-refractivity contribution in [2.24, 2.45) is 11.7 Å². The van der Waals surface area contributed by atoms with Crippen LogP contribution in [0.15, 0.2) is 24.3 Å². The minimum atomic E-state index is -1.23. The van der Waals surface area contributed by atoms with Gasteiger partial charge in [-0.1, -0.05) is 32.0 Å². The van der Waals surface area contributed by atoms with Crippen molar-refractivity contribution in [1.29, 1.82) is 0 Å². The zero-order valence-corrected chi connectivity index (χ0v) is 18.8. The van der Waals surface area contributed by atoms with Crippen molar-refractivity contribution in [3.05, 3.63) is 29.8 Å². The summed E-state index contributed by atoms with van der Waals surface area (Å²) in [6.07, 6.45) is 4.67. The molecule has 2 rings (SSSR count). The molecule has 5 N–H and O–H groups in total. The number of nitrogens with two attached hydrogens (primary N) is 1. The average Bonchev–Trinajstić information content (AvgIpc) is 2.71. The first kappa shape index (κ1) is 26.4. The first-order valence-electron chi connectivity index (χ1n) is 10.9. The summed E-state index contributed by atoms with van der Waals surface area (Å²) in [4.78, 5) is 33.5. The Morgan fingerprint density at radius 1 is 1.10 bits per heavy atom. The maximum Gasteiger partial charge on any atom is 0.326 e. The predicted octanol–water partition coefficient (Wildman–Crippen LogP) is 3.16. The molecule has 0 spiro atoms. The monoisotopic (exact) mass is 435 g/mol. The molecule has 1 aliphatic heterocycles. The standard InChI is InChI=1S/C16H26N2.C7H11NO5/c1-13(2)12-15(17)14-8-4-5-9-16(14)18-10-6-3-7-11-18;1-4(9)8-5(7(12)13)2-3-6(10)11/h4-5,8-9,13,15H,3,6-7,10-12,17H2,1-2H3;5H,2-3H2,1H3,(H,8,9)(H,10,11)(H,12,13)/t15-;5-/m00/s1. The largest absolute Gasteiger partial charge is 0.481 e. The lowest BCUT2D eigenvalue weighted by Gasteiger charge is -2.32. The molecule has 2 atom stereocenters. The molecule has 8 heteroatoms. The number of carboxylic acid groups (broad SMARTS) is 2. The van der Waals surface area contributed by atoms with Crippen molar-refractivity contribution >= 4 is 23.5 Å².